The molecule has 0 bridgehead atoms. The summed E-state index contributed by atoms with van der Waals surface area (Å²) in [5.41, 5.74) is 1.20. The summed E-state index contributed by atoms with van der Waals surface area (Å²) in [6.45, 7) is 5.13. The molecule has 1 aromatic carbocycles. The van der Waals surface area contributed by atoms with Crippen LogP contribution >= 0.6 is 0 Å². The lowest BCUT2D eigenvalue weighted by atomic mass is 9.84. The Balaban J connectivity index is 2.20. The van der Waals surface area contributed by atoms with E-state index >= 15 is 0 Å². The van der Waals surface area contributed by atoms with Crippen molar-refractivity contribution in [2.45, 2.75) is 46.0 Å². The van der Waals surface area contributed by atoms with E-state index in [0.29, 0.717) is 30.1 Å². The van der Waals surface area contributed by atoms with E-state index in [1.54, 1.807) is 30.2 Å². The van der Waals surface area contributed by atoms with Gasteiger partial charge in [0.2, 0.25) is 0 Å². The maximum absolute atomic E-state index is 12.7. The Morgan fingerprint density at radius 2 is 1.83 bits per heavy atom. The summed E-state index contributed by atoms with van der Waals surface area (Å²) in [5, 5.41) is 2.87. The zero-order valence-corrected chi connectivity index (χ0v) is 14.9. The average Bonchev–Trinajstić information content (AvgIpc) is 2.62. The van der Waals surface area contributed by atoms with E-state index < -0.39 is 0 Å². The summed E-state index contributed by atoms with van der Waals surface area (Å²) in [5.74, 6) is 0.852. The fraction of sp³-hybridized carbons (Fsp3) is 0.579. The van der Waals surface area contributed by atoms with Crippen LogP contribution < -0.4 is 10.1 Å². The lowest BCUT2D eigenvalue weighted by Gasteiger charge is -2.22. The number of benzene rings is 1. The van der Waals surface area contributed by atoms with E-state index in [1.807, 2.05) is 13.8 Å². The fourth-order valence-corrected chi connectivity index (χ4v) is 3.26. The quantitative estimate of drug-likeness (QED) is 0.789. The van der Waals surface area contributed by atoms with Crippen LogP contribution in [0, 0.1) is 5.92 Å². The van der Waals surface area contributed by atoms with Gasteiger partial charge in [0.1, 0.15) is 5.75 Å². The number of carbonyl (C=O) groups is 2. The Bertz CT molecular complexity index is 576. The molecule has 1 saturated carbocycles. The number of hydrogen-bond donors (Lipinski definition) is 1. The Morgan fingerprint density at radius 1 is 1.17 bits per heavy atom. The monoisotopic (exact) mass is 332 g/mol. The normalized spacial score (nSPS) is 15.0. The van der Waals surface area contributed by atoms with Gasteiger partial charge < -0.3 is 15.0 Å². The highest BCUT2D eigenvalue weighted by molar-refractivity contribution is 6.00. The van der Waals surface area contributed by atoms with E-state index in [2.05, 4.69) is 5.32 Å². The van der Waals surface area contributed by atoms with Crippen molar-refractivity contribution in [3.05, 3.63) is 23.8 Å². The van der Waals surface area contributed by atoms with Crippen molar-refractivity contribution in [3.63, 3.8) is 0 Å². The molecule has 5 nitrogen and oxygen atoms in total. The van der Waals surface area contributed by atoms with Gasteiger partial charge in [-0.05, 0) is 44.9 Å². The number of nitrogens with zero attached hydrogens (tertiary/aromatic N) is 1. The molecule has 0 aromatic heterocycles. The number of rotatable bonds is 6. The minimum Gasteiger partial charge on any atom is -0.495 e. The second-order valence-corrected chi connectivity index (χ2v) is 6.22. The lowest BCUT2D eigenvalue weighted by molar-refractivity contribution is 0.0889. The molecule has 2 amide bonds. The zero-order chi connectivity index (χ0) is 17.5. The molecule has 1 aliphatic carbocycles. The largest absolute Gasteiger partial charge is 0.495 e. The molecule has 0 saturated heterocycles. The number of nitrogens with one attached hydrogen (secondary N) is 1. The molecule has 0 heterocycles. The molecule has 5 heteroatoms. The van der Waals surface area contributed by atoms with Crippen molar-refractivity contribution in [2.24, 2.45) is 5.92 Å². The van der Waals surface area contributed by atoms with Gasteiger partial charge in [0.25, 0.3) is 0 Å². The minimum atomic E-state index is -0.180. The molecule has 1 fully saturated rings. The van der Waals surface area contributed by atoms with Crippen LogP contribution in [0.2, 0.25) is 0 Å². The van der Waals surface area contributed by atoms with Gasteiger partial charge >= 0.3 is 6.03 Å². The Labute approximate surface area is 144 Å². The van der Waals surface area contributed by atoms with Crippen LogP contribution in [0.5, 0.6) is 5.75 Å². The van der Waals surface area contributed by atoms with Crippen molar-refractivity contribution in [1.82, 2.24) is 4.90 Å². The standard InChI is InChI=1S/C19H28N2O3/c1-4-21(5-2)19(23)20-16-13-15(11-12-17(16)24-3)18(22)14-9-7-6-8-10-14/h11-14H,4-10H2,1-3H3,(H,20,23). The summed E-state index contributed by atoms with van der Waals surface area (Å²) in [6, 6.07) is 5.12. The molecule has 1 N–H and O–H groups in total. The van der Waals surface area contributed by atoms with Gasteiger partial charge in [0, 0.05) is 24.6 Å². The zero-order valence-electron chi connectivity index (χ0n) is 14.9. The SMILES string of the molecule is CCN(CC)C(=O)Nc1cc(C(=O)C2CCCCC2)ccc1OC. The van der Waals surface area contributed by atoms with E-state index in [4.69, 9.17) is 4.74 Å². The molecule has 0 radical (unpaired) electrons. The molecule has 1 aromatic rings. The number of anilines is 1. The van der Waals surface area contributed by atoms with Crippen molar-refractivity contribution in [1.29, 1.82) is 0 Å². The van der Waals surface area contributed by atoms with E-state index in [9.17, 15) is 9.59 Å². The van der Waals surface area contributed by atoms with Crippen LogP contribution in [-0.4, -0.2) is 36.9 Å². The Hall–Kier alpha value is -2.04. The van der Waals surface area contributed by atoms with Crippen molar-refractivity contribution in [3.8, 4) is 5.75 Å². The third-order valence-electron chi connectivity index (χ3n) is 4.75. The first kappa shape index (κ1) is 18.3. The molecular formula is C19H28N2O3. The highest BCUT2D eigenvalue weighted by atomic mass is 16.5. The highest BCUT2D eigenvalue weighted by Crippen LogP contribution is 2.31. The molecular weight excluding hydrogens is 304 g/mol. The molecule has 132 valence electrons. The van der Waals surface area contributed by atoms with Crippen LogP contribution in [0.1, 0.15) is 56.3 Å². The van der Waals surface area contributed by atoms with Crippen molar-refractivity contribution in [2.75, 3.05) is 25.5 Å². The number of ketones is 1. The Morgan fingerprint density at radius 3 is 2.42 bits per heavy atom. The summed E-state index contributed by atoms with van der Waals surface area (Å²) >= 11 is 0. The summed E-state index contributed by atoms with van der Waals surface area (Å²) in [6.07, 6.45) is 5.39. The van der Waals surface area contributed by atoms with Gasteiger partial charge in [0.15, 0.2) is 5.78 Å². The predicted octanol–water partition coefficient (Wildman–Crippen LogP) is 4.33. The topological polar surface area (TPSA) is 58.6 Å². The summed E-state index contributed by atoms with van der Waals surface area (Å²) < 4.78 is 5.33. The smallest absolute Gasteiger partial charge is 0.321 e. The summed E-state index contributed by atoms with van der Waals surface area (Å²) in [4.78, 5) is 26.7. The number of Topliss-reactive ketones (excluding diaryl/α,β-unsaturated/α-hetero) is 1. The van der Waals surface area contributed by atoms with Crippen molar-refractivity contribution >= 4 is 17.5 Å². The van der Waals surface area contributed by atoms with Gasteiger partial charge in [-0.1, -0.05) is 19.3 Å². The lowest BCUT2D eigenvalue weighted by Crippen LogP contribution is -2.34. The van der Waals surface area contributed by atoms with Gasteiger partial charge in [-0.3, -0.25) is 4.79 Å². The van der Waals surface area contributed by atoms with Crippen LogP contribution in [0.3, 0.4) is 0 Å². The van der Waals surface area contributed by atoms with Crippen LogP contribution in [0.4, 0.5) is 10.5 Å². The molecule has 2 rings (SSSR count). The number of amides is 2. The number of methoxy groups -OCH3 is 1. The van der Waals surface area contributed by atoms with Gasteiger partial charge in [-0.15, -0.1) is 0 Å². The minimum absolute atomic E-state index is 0.110. The van der Waals surface area contributed by atoms with E-state index in [1.165, 1.54) is 6.42 Å². The number of hydrogen-bond acceptors (Lipinski definition) is 3. The molecule has 0 aliphatic heterocycles. The molecule has 24 heavy (non-hydrogen) atoms. The molecule has 0 unspecified atom stereocenters. The van der Waals surface area contributed by atoms with Crippen molar-refractivity contribution < 1.29 is 14.3 Å². The number of urea groups is 1. The maximum Gasteiger partial charge on any atom is 0.321 e. The highest BCUT2D eigenvalue weighted by Gasteiger charge is 2.23. The Kier molecular flexibility index (Phi) is 6.64. The average molecular weight is 332 g/mol. The first-order valence-electron chi connectivity index (χ1n) is 8.88. The maximum atomic E-state index is 12.7. The third-order valence-corrected chi connectivity index (χ3v) is 4.75. The van der Waals surface area contributed by atoms with Gasteiger partial charge in [-0.25, -0.2) is 4.79 Å². The molecule has 1 aliphatic rings. The van der Waals surface area contributed by atoms with Gasteiger partial charge in [0.05, 0.1) is 12.8 Å². The van der Waals surface area contributed by atoms with Gasteiger partial charge in [-0.2, -0.15) is 0 Å². The fourth-order valence-electron chi connectivity index (χ4n) is 3.26. The van der Waals surface area contributed by atoms with Crippen LogP contribution in [-0.2, 0) is 0 Å². The van der Waals surface area contributed by atoms with Crippen LogP contribution in [0.25, 0.3) is 0 Å². The first-order valence-corrected chi connectivity index (χ1v) is 8.88. The first-order chi connectivity index (χ1) is 11.6. The molecule has 0 spiro atoms. The second-order valence-electron chi connectivity index (χ2n) is 6.22. The van der Waals surface area contributed by atoms with E-state index in [-0.39, 0.29) is 17.7 Å². The summed E-state index contributed by atoms with van der Waals surface area (Å²) in [7, 11) is 1.56. The van der Waals surface area contributed by atoms with Crippen LogP contribution in [0.15, 0.2) is 18.2 Å². The molecule has 0 atom stereocenters. The third kappa shape index (κ3) is 4.28. The number of ether oxygens (including phenoxy) is 1. The number of carbonyl (C=O) groups excluding carboxylic acids is 2. The second kappa shape index (κ2) is 8.71. The predicted molar refractivity (Wildman–Crippen MR) is 95.8 cm³/mol. The van der Waals surface area contributed by atoms with E-state index in [0.717, 1.165) is 25.7 Å².